The largest absolute Gasteiger partial charge is 0.391 e. The van der Waals surface area contributed by atoms with Crippen molar-refractivity contribution in [3.05, 3.63) is 0 Å². The van der Waals surface area contributed by atoms with Crippen molar-refractivity contribution in [2.75, 3.05) is 6.54 Å². The van der Waals surface area contributed by atoms with Gasteiger partial charge in [-0.15, -0.1) is 0 Å². The van der Waals surface area contributed by atoms with Crippen LogP contribution in [0.25, 0.3) is 0 Å². The van der Waals surface area contributed by atoms with Crippen molar-refractivity contribution in [2.45, 2.75) is 77.1 Å². The molecule has 4 atom stereocenters. The summed E-state index contributed by atoms with van der Waals surface area (Å²) in [7, 11) is 0. The summed E-state index contributed by atoms with van der Waals surface area (Å²) in [5.74, 6) is -2.49. The highest BCUT2D eigenvalue weighted by Gasteiger charge is 2.33. The second-order valence-corrected chi connectivity index (χ2v) is 7.25. The van der Waals surface area contributed by atoms with Gasteiger partial charge in [0.15, 0.2) is 5.96 Å². The van der Waals surface area contributed by atoms with E-state index in [4.69, 9.17) is 22.9 Å². The van der Waals surface area contributed by atoms with Crippen molar-refractivity contribution in [1.82, 2.24) is 5.32 Å². The van der Waals surface area contributed by atoms with Gasteiger partial charge in [-0.05, 0) is 25.2 Å². The van der Waals surface area contributed by atoms with Gasteiger partial charge in [0.25, 0.3) is 0 Å². The van der Waals surface area contributed by atoms with Gasteiger partial charge in [0.1, 0.15) is 6.04 Å². The van der Waals surface area contributed by atoms with E-state index < -0.39 is 41.7 Å². The van der Waals surface area contributed by atoms with E-state index in [1.165, 1.54) is 0 Å². The molecule has 1 amide bonds. The molecule has 10 nitrogen and oxygen atoms in total. The Morgan fingerprint density at radius 2 is 1.64 bits per heavy atom. The number of Topliss-reactive ketones (excluding diaryl/α,β-unsaturated/α-hetero) is 2. The maximum absolute atomic E-state index is 12.6. The van der Waals surface area contributed by atoms with Gasteiger partial charge in [0.2, 0.25) is 17.5 Å². The van der Waals surface area contributed by atoms with Crippen LogP contribution in [0.3, 0.4) is 0 Å². The Labute approximate surface area is 166 Å². The number of nitrogens with zero attached hydrogens (tertiary/aromatic N) is 1. The number of aliphatic imine (C=N–C) groups is 1. The number of nitrogens with two attached hydrogens (primary N) is 4. The van der Waals surface area contributed by atoms with Crippen LogP contribution < -0.4 is 28.3 Å². The second-order valence-electron chi connectivity index (χ2n) is 7.25. The first-order valence-electron chi connectivity index (χ1n) is 9.65. The van der Waals surface area contributed by atoms with Gasteiger partial charge in [-0.3, -0.25) is 19.4 Å². The summed E-state index contributed by atoms with van der Waals surface area (Å²) >= 11 is 0. The molecule has 0 spiro atoms. The smallest absolute Gasteiger partial charge is 0.240 e. The maximum atomic E-state index is 12.6. The van der Waals surface area contributed by atoms with Crippen LogP contribution >= 0.6 is 0 Å². The third kappa shape index (κ3) is 9.25. The molecule has 10 heteroatoms. The van der Waals surface area contributed by atoms with Crippen LogP contribution in [-0.4, -0.2) is 59.3 Å². The van der Waals surface area contributed by atoms with Gasteiger partial charge in [0.05, 0.1) is 18.2 Å². The fourth-order valence-corrected chi connectivity index (χ4v) is 2.52. The standard InChI is InChI=1S/C18H36N6O4/c1-4-5-8-12(24-17(28)13(20)14(25)10(2)3)16(27)15(26)11(19)7-6-9-23-18(21)22/h10-14,25H,4-9,19-20H2,1-3H3,(H,24,28)(H4,21,22,23)/t11-,12+,13+,14-/m1/s1. The average molecular weight is 401 g/mol. The summed E-state index contributed by atoms with van der Waals surface area (Å²) in [6, 6.07) is -3.22. The zero-order chi connectivity index (χ0) is 21.9. The molecule has 0 unspecified atom stereocenters. The Balaban J connectivity index is 4.97. The average Bonchev–Trinajstić information content (AvgIpc) is 2.65. The first kappa shape index (κ1) is 26.0. The third-order valence-corrected chi connectivity index (χ3v) is 4.38. The molecule has 0 aromatic rings. The van der Waals surface area contributed by atoms with Gasteiger partial charge in [0, 0.05) is 6.54 Å². The Morgan fingerprint density at radius 1 is 1.04 bits per heavy atom. The predicted molar refractivity (Wildman–Crippen MR) is 108 cm³/mol. The third-order valence-electron chi connectivity index (χ3n) is 4.38. The lowest BCUT2D eigenvalue weighted by Gasteiger charge is -2.24. The number of nitrogens with one attached hydrogen (secondary N) is 1. The highest BCUT2D eigenvalue weighted by atomic mass is 16.3. The molecule has 0 aromatic heterocycles. The summed E-state index contributed by atoms with van der Waals surface area (Å²) in [6.07, 6.45) is 1.31. The fourth-order valence-electron chi connectivity index (χ4n) is 2.52. The van der Waals surface area contributed by atoms with Crippen molar-refractivity contribution in [1.29, 1.82) is 0 Å². The Bertz CT molecular complexity index is 548. The van der Waals surface area contributed by atoms with Crippen LogP contribution in [0.15, 0.2) is 4.99 Å². The van der Waals surface area contributed by atoms with Crippen LogP contribution in [0.2, 0.25) is 0 Å². The van der Waals surface area contributed by atoms with E-state index in [1.807, 2.05) is 6.92 Å². The van der Waals surface area contributed by atoms with Gasteiger partial charge in [-0.25, -0.2) is 0 Å². The van der Waals surface area contributed by atoms with E-state index in [2.05, 4.69) is 10.3 Å². The molecule has 10 N–H and O–H groups in total. The maximum Gasteiger partial charge on any atom is 0.240 e. The molecule has 0 aliphatic rings. The van der Waals surface area contributed by atoms with Crippen LogP contribution in [-0.2, 0) is 14.4 Å². The van der Waals surface area contributed by atoms with Gasteiger partial charge in [-0.1, -0.05) is 33.6 Å². The summed E-state index contributed by atoms with van der Waals surface area (Å²) in [4.78, 5) is 41.1. The summed E-state index contributed by atoms with van der Waals surface area (Å²) in [5, 5.41) is 12.5. The lowest BCUT2D eigenvalue weighted by Crippen LogP contribution is -2.56. The molecule has 0 fully saturated rings. The number of ketones is 2. The molecular weight excluding hydrogens is 364 g/mol. The first-order valence-corrected chi connectivity index (χ1v) is 9.65. The number of carbonyl (C=O) groups is 3. The van der Waals surface area contributed by atoms with Crippen molar-refractivity contribution in [2.24, 2.45) is 33.8 Å². The number of aliphatic hydroxyl groups is 1. The van der Waals surface area contributed by atoms with Crippen LogP contribution in [0, 0.1) is 5.92 Å². The van der Waals surface area contributed by atoms with E-state index in [0.717, 1.165) is 6.42 Å². The highest BCUT2D eigenvalue weighted by molar-refractivity contribution is 6.41. The number of aliphatic hydroxyl groups excluding tert-OH is 1. The lowest BCUT2D eigenvalue weighted by molar-refractivity contribution is -0.140. The van der Waals surface area contributed by atoms with Crippen molar-refractivity contribution >= 4 is 23.4 Å². The lowest BCUT2D eigenvalue weighted by atomic mass is 9.95. The molecule has 0 aliphatic heterocycles. The predicted octanol–water partition coefficient (Wildman–Crippen LogP) is -1.48. The summed E-state index contributed by atoms with van der Waals surface area (Å²) < 4.78 is 0. The molecule has 0 bridgehead atoms. The number of rotatable bonds is 14. The molecule has 0 radical (unpaired) electrons. The number of hydrogen-bond donors (Lipinski definition) is 6. The molecule has 0 rings (SSSR count). The molecule has 28 heavy (non-hydrogen) atoms. The van der Waals surface area contributed by atoms with E-state index in [-0.39, 0.29) is 24.7 Å². The van der Waals surface area contributed by atoms with Gasteiger partial charge < -0.3 is 33.4 Å². The monoisotopic (exact) mass is 400 g/mol. The molecule has 0 saturated heterocycles. The highest BCUT2D eigenvalue weighted by Crippen LogP contribution is 2.09. The molecule has 0 aromatic carbocycles. The van der Waals surface area contributed by atoms with Crippen molar-refractivity contribution < 1.29 is 19.5 Å². The quantitative estimate of drug-likeness (QED) is 0.0877. The van der Waals surface area contributed by atoms with Crippen LogP contribution in [0.1, 0.15) is 52.9 Å². The zero-order valence-electron chi connectivity index (χ0n) is 17.1. The number of unbranched alkanes of at least 4 members (excludes halogenated alkanes) is 1. The minimum Gasteiger partial charge on any atom is -0.391 e. The van der Waals surface area contributed by atoms with Crippen molar-refractivity contribution in [3.63, 3.8) is 0 Å². The number of amides is 1. The van der Waals surface area contributed by atoms with E-state index in [1.54, 1.807) is 13.8 Å². The van der Waals surface area contributed by atoms with Gasteiger partial charge in [-0.2, -0.15) is 0 Å². The molecule has 0 aliphatic carbocycles. The molecule has 0 saturated carbocycles. The normalized spacial score (nSPS) is 15.4. The molecule has 0 heterocycles. The van der Waals surface area contributed by atoms with Crippen LogP contribution in [0.4, 0.5) is 0 Å². The first-order chi connectivity index (χ1) is 13.0. The van der Waals surface area contributed by atoms with Crippen molar-refractivity contribution in [3.8, 4) is 0 Å². The summed E-state index contributed by atoms with van der Waals surface area (Å²) in [6.45, 7) is 5.68. The Kier molecular flexibility index (Phi) is 12.2. The van der Waals surface area contributed by atoms with E-state index >= 15 is 0 Å². The minimum absolute atomic E-state index is 0.0572. The van der Waals surface area contributed by atoms with E-state index in [9.17, 15) is 19.5 Å². The zero-order valence-corrected chi connectivity index (χ0v) is 17.1. The number of guanidine groups is 1. The topological polar surface area (TPSA) is 200 Å². The minimum atomic E-state index is -1.19. The number of hydrogen-bond acceptors (Lipinski definition) is 7. The number of carbonyl (C=O) groups excluding carboxylic acids is 3. The second kappa shape index (κ2) is 13.2. The van der Waals surface area contributed by atoms with E-state index in [0.29, 0.717) is 19.4 Å². The molecular formula is C18H36N6O4. The Hall–Kier alpha value is -2.04. The summed E-state index contributed by atoms with van der Waals surface area (Å²) in [5.41, 5.74) is 22.0. The van der Waals surface area contributed by atoms with Gasteiger partial charge >= 0.3 is 0 Å². The SMILES string of the molecule is CCCC[C@H](NC(=O)[C@@H](N)[C@H](O)C(C)C)C(=O)C(=O)[C@H](N)CCCN=C(N)N. The van der Waals surface area contributed by atoms with Crippen LogP contribution in [0.5, 0.6) is 0 Å². The Morgan fingerprint density at radius 3 is 2.14 bits per heavy atom. The fraction of sp³-hybridized carbons (Fsp3) is 0.778. The molecule has 162 valence electrons.